The zero-order valence-corrected chi connectivity index (χ0v) is 6.18. The summed E-state index contributed by atoms with van der Waals surface area (Å²) in [5.41, 5.74) is 0. The van der Waals surface area contributed by atoms with Gasteiger partial charge in [-0.25, -0.2) is 0 Å². The maximum atomic E-state index is 0. The second kappa shape index (κ2) is 17.2. The predicted molar refractivity (Wildman–Crippen MR) is 28.2 cm³/mol. The van der Waals surface area contributed by atoms with Crippen LogP contribution in [0.4, 0.5) is 0 Å². The van der Waals surface area contributed by atoms with Crippen LogP contribution in [0.2, 0.25) is 0 Å². The summed E-state index contributed by atoms with van der Waals surface area (Å²) in [6.45, 7) is 0. The molecule has 0 nitrogen and oxygen atoms in total. The summed E-state index contributed by atoms with van der Waals surface area (Å²) >= 11 is 0. The van der Waals surface area contributed by atoms with Gasteiger partial charge in [-0.3, -0.25) is 0 Å². The Hall–Kier alpha value is 2.73. The average molecular weight is 213 g/mol. The number of hydrogen-bond donors (Lipinski definition) is 0. The van der Waals surface area contributed by atoms with Crippen LogP contribution in [0.15, 0.2) is 0 Å². The van der Waals surface area contributed by atoms with Gasteiger partial charge in [0.1, 0.15) is 0 Å². The second-order valence-corrected chi connectivity index (χ2v) is 0. The fourth-order valence-electron chi connectivity index (χ4n) is 0. The van der Waals surface area contributed by atoms with E-state index in [9.17, 15) is 0 Å². The van der Waals surface area contributed by atoms with Crippen molar-refractivity contribution in [3.8, 4) is 0 Å². The fraction of sp³-hybridized carbons (Fsp3) is 0. The van der Waals surface area contributed by atoms with Crippen LogP contribution in [-0.2, 0) is 17.1 Å². The van der Waals surface area contributed by atoms with Gasteiger partial charge in [-0.15, -0.1) is 0 Å². The molecule has 0 fully saturated rings. The van der Waals surface area contributed by atoms with Crippen molar-refractivity contribution in [3.05, 3.63) is 0 Å². The van der Waals surface area contributed by atoms with Crippen molar-refractivity contribution < 1.29 is 17.1 Å². The van der Waals surface area contributed by atoms with E-state index in [1.165, 1.54) is 0 Å². The van der Waals surface area contributed by atoms with Crippen LogP contribution < -0.4 is 0 Å². The van der Waals surface area contributed by atoms with E-state index < -0.39 is 0 Å². The fourth-order valence-corrected chi connectivity index (χ4v) is 0. The van der Waals surface area contributed by atoms with Gasteiger partial charge in [0.15, 0.2) is 0 Å². The standard InChI is InChI=1S/Ca.Fe.H3P.H2Se.2H/h;;1H3;1H2;;. The Morgan fingerprint density at radius 2 is 1.00 bits per heavy atom. The van der Waals surface area contributed by atoms with Gasteiger partial charge in [0.2, 0.25) is 0 Å². The third kappa shape index (κ3) is 8.83. The average Bonchev–Trinajstić information content (AvgIpc) is 0. The van der Waals surface area contributed by atoms with Gasteiger partial charge in [0, 0.05) is 17.1 Å². The van der Waals surface area contributed by atoms with Crippen LogP contribution >= 0.6 is 9.90 Å². The molecular weight excluding hydrogens is 206 g/mol. The molecule has 0 amide bonds. The van der Waals surface area contributed by atoms with Gasteiger partial charge in [-0.1, -0.05) is 0 Å². The normalized spacial score (nSPS) is 0. The molecule has 0 aliphatic rings. The van der Waals surface area contributed by atoms with Crippen LogP contribution in [0.5, 0.6) is 0 Å². The molecule has 0 saturated heterocycles. The molecule has 0 bridgehead atoms. The molecule has 4 heavy (non-hydrogen) atoms. The van der Waals surface area contributed by atoms with E-state index in [1.807, 2.05) is 0 Å². The Kier molecular flexibility index (Phi) is 128. The molecular formula is H7CaFePSe. The Bertz CT molecular complexity index is 8.00. The second-order valence-electron chi connectivity index (χ2n) is 0. The zero-order chi connectivity index (χ0) is 0. The molecule has 0 spiro atoms. The molecule has 0 aromatic carbocycles. The monoisotopic (exact) mass is 214 g/mol. The van der Waals surface area contributed by atoms with E-state index in [0.717, 1.165) is 0 Å². The summed E-state index contributed by atoms with van der Waals surface area (Å²) in [5.74, 6) is 0. The van der Waals surface area contributed by atoms with Crippen molar-refractivity contribution in [2.24, 2.45) is 0 Å². The predicted octanol–water partition coefficient (Wildman–Crippen LogP) is -1.78. The summed E-state index contributed by atoms with van der Waals surface area (Å²) in [6, 6.07) is 0. The van der Waals surface area contributed by atoms with Crippen LogP contribution in [0.25, 0.3) is 0 Å². The van der Waals surface area contributed by atoms with Crippen molar-refractivity contribution >= 4 is 64.7 Å². The van der Waals surface area contributed by atoms with Crippen LogP contribution in [0.1, 0.15) is 0 Å². The third-order valence-corrected chi connectivity index (χ3v) is 0. The minimum absolute atomic E-state index is 0. The first-order valence-corrected chi connectivity index (χ1v) is 0. The van der Waals surface area contributed by atoms with Crippen LogP contribution in [0.3, 0.4) is 0 Å². The van der Waals surface area contributed by atoms with Crippen molar-refractivity contribution in [3.63, 3.8) is 0 Å². The minimum atomic E-state index is 0. The van der Waals surface area contributed by atoms with Gasteiger partial charge < -0.3 is 0 Å². The summed E-state index contributed by atoms with van der Waals surface area (Å²) in [7, 11) is 0. The molecule has 0 rings (SSSR count). The van der Waals surface area contributed by atoms with E-state index in [1.54, 1.807) is 0 Å². The molecule has 0 aromatic heterocycles. The molecule has 4 heteroatoms. The Labute approximate surface area is 80.4 Å². The van der Waals surface area contributed by atoms with Crippen molar-refractivity contribution in [2.45, 2.75) is 0 Å². The molecule has 0 aliphatic carbocycles. The molecule has 0 radical (unpaired) electrons. The number of rotatable bonds is 0. The molecule has 0 N–H and O–H groups in total. The van der Waals surface area contributed by atoms with E-state index in [4.69, 9.17) is 0 Å². The summed E-state index contributed by atoms with van der Waals surface area (Å²) in [6.07, 6.45) is 0. The molecule has 0 heterocycles. The van der Waals surface area contributed by atoms with Gasteiger partial charge >= 0.3 is 54.8 Å². The van der Waals surface area contributed by atoms with Crippen LogP contribution in [-0.4, -0.2) is 54.8 Å². The van der Waals surface area contributed by atoms with Gasteiger partial charge in [0.05, 0.1) is 0 Å². The first-order chi connectivity index (χ1) is 0. The topological polar surface area (TPSA) is 0 Å². The van der Waals surface area contributed by atoms with E-state index in [2.05, 4.69) is 0 Å². The van der Waals surface area contributed by atoms with E-state index in [-0.39, 0.29) is 81.8 Å². The molecule has 1 unspecified atom stereocenters. The van der Waals surface area contributed by atoms with Gasteiger partial charge in [-0.2, -0.15) is 9.90 Å². The summed E-state index contributed by atoms with van der Waals surface area (Å²) in [5, 5.41) is 0. The molecule has 0 aromatic rings. The van der Waals surface area contributed by atoms with Gasteiger partial charge in [0.25, 0.3) is 0 Å². The summed E-state index contributed by atoms with van der Waals surface area (Å²) in [4.78, 5) is 0. The van der Waals surface area contributed by atoms with E-state index >= 15 is 0 Å². The molecule has 0 aliphatic heterocycles. The molecule has 1 atom stereocenters. The molecule has 0 saturated carbocycles. The van der Waals surface area contributed by atoms with Crippen molar-refractivity contribution in [2.75, 3.05) is 0 Å². The third-order valence-electron chi connectivity index (χ3n) is 0. The zero-order valence-electron chi connectivity index (χ0n) is 1.56. The quantitative estimate of drug-likeness (QED) is 0.329. The van der Waals surface area contributed by atoms with Gasteiger partial charge in [-0.05, 0) is 0 Å². The van der Waals surface area contributed by atoms with Crippen molar-refractivity contribution in [1.29, 1.82) is 0 Å². The summed E-state index contributed by atoms with van der Waals surface area (Å²) < 4.78 is 0. The first kappa shape index (κ1) is 29.7. The maximum absolute atomic E-state index is 0. The SMILES string of the molecule is P.[CaH2].[Fe].[SeH2]. The Morgan fingerprint density at radius 3 is 1.00 bits per heavy atom. The van der Waals surface area contributed by atoms with Crippen molar-refractivity contribution in [1.82, 2.24) is 0 Å². The van der Waals surface area contributed by atoms with Crippen LogP contribution in [0, 0.1) is 0 Å². The van der Waals surface area contributed by atoms with E-state index in [0.29, 0.717) is 0 Å². The Balaban J connectivity index is 0. The molecule has 28 valence electrons. The Morgan fingerprint density at radius 1 is 1.00 bits per heavy atom. The number of hydrogen-bond acceptors (Lipinski definition) is 0. The first-order valence-electron chi connectivity index (χ1n) is 0.